The van der Waals surface area contributed by atoms with Crippen molar-refractivity contribution in [3.8, 4) is 22.5 Å². The molecule has 4 heteroatoms. The van der Waals surface area contributed by atoms with Gasteiger partial charge in [-0.3, -0.25) is 0 Å². The molecule has 3 aliphatic rings. The Hall–Kier alpha value is -3.60. The first-order valence-corrected chi connectivity index (χ1v) is 13.6. The van der Waals surface area contributed by atoms with Crippen LogP contribution in [0.2, 0.25) is 0 Å². The van der Waals surface area contributed by atoms with E-state index in [0.717, 1.165) is 11.4 Å². The highest BCUT2D eigenvalue weighted by Gasteiger charge is 2.74. The average molecular weight is 500 g/mol. The van der Waals surface area contributed by atoms with E-state index in [4.69, 9.17) is 9.72 Å². The first-order valence-electron chi connectivity index (χ1n) is 13.6. The van der Waals surface area contributed by atoms with Crippen LogP contribution in [0.4, 0.5) is 0 Å². The molecule has 0 bridgehead atoms. The number of methoxy groups -OCH3 is 1. The number of benzene rings is 4. The molecule has 38 heavy (non-hydrogen) atoms. The van der Waals surface area contributed by atoms with Crippen LogP contribution in [0.5, 0.6) is 0 Å². The molecule has 5 aromatic rings. The van der Waals surface area contributed by atoms with Crippen LogP contribution in [0.15, 0.2) is 73.1 Å². The quantitative estimate of drug-likeness (QED) is 0.216. The molecule has 3 atom stereocenters. The van der Waals surface area contributed by atoms with Crippen LogP contribution in [0.25, 0.3) is 44.1 Å². The number of fused-ring (bicyclic) bond motifs is 14. The molecular formula is C34H31N2O2+. The molecule has 8 rings (SSSR count). The van der Waals surface area contributed by atoms with Crippen molar-refractivity contribution in [2.24, 2.45) is 0 Å². The van der Waals surface area contributed by atoms with E-state index >= 15 is 0 Å². The van der Waals surface area contributed by atoms with Crippen molar-refractivity contribution in [1.82, 2.24) is 4.98 Å². The van der Waals surface area contributed by atoms with Crippen molar-refractivity contribution in [3.05, 3.63) is 95.3 Å². The number of aromatic nitrogens is 2. The third-order valence-corrected chi connectivity index (χ3v) is 9.48. The minimum Gasteiger partial charge on any atom is -0.362 e. The SMILES string of the molecule is COC1(O)C2c3cc(C(C)C)c4ccccc4c3-c3c4c(nc[n+]3C21)-c1ccc2ccccc2c1C4(C)C. The Labute approximate surface area is 222 Å². The van der Waals surface area contributed by atoms with Crippen molar-refractivity contribution >= 4 is 21.5 Å². The highest BCUT2D eigenvalue weighted by molar-refractivity contribution is 6.04. The molecule has 1 N–H and O–H groups in total. The molecule has 0 saturated heterocycles. The number of aliphatic hydroxyl groups is 1. The van der Waals surface area contributed by atoms with Gasteiger partial charge in [0.1, 0.15) is 5.69 Å². The van der Waals surface area contributed by atoms with Crippen LogP contribution in [0, 0.1) is 0 Å². The monoisotopic (exact) mass is 499 g/mol. The van der Waals surface area contributed by atoms with Crippen LogP contribution < -0.4 is 4.57 Å². The van der Waals surface area contributed by atoms with Gasteiger partial charge in [-0.2, -0.15) is 0 Å². The standard InChI is InChI=1S/C34H31N2O2/c1-18(2)24-16-25-26(22-13-9-8-12-21(22)24)31-29-30(35-17-36(31)32-28(25)34(32,37)38-5)23-15-14-19-10-6-7-11-20(19)27(23)33(29,3)4/h6-18,28,32,37H,1-5H3/q+1. The van der Waals surface area contributed by atoms with E-state index < -0.39 is 5.79 Å². The lowest BCUT2D eigenvalue weighted by Crippen LogP contribution is -2.43. The van der Waals surface area contributed by atoms with Gasteiger partial charge in [0.2, 0.25) is 5.79 Å². The number of hydrogen-bond donors (Lipinski definition) is 1. The molecule has 2 aliphatic carbocycles. The Morgan fingerprint density at radius 2 is 1.63 bits per heavy atom. The maximum Gasteiger partial charge on any atom is 0.287 e. The minimum atomic E-state index is -1.25. The first kappa shape index (κ1) is 22.4. The molecule has 4 aromatic carbocycles. The number of nitrogens with zero attached hydrogens (tertiary/aromatic N) is 2. The molecule has 0 amide bonds. The molecule has 188 valence electrons. The summed E-state index contributed by atoms with van der Waals surface area (Å²) in [6, 6.07) is 24.0. The Morgan fingerprint density at radius 1 is 0.921 bits per heavy atom. The van der Waals surface area contributed by atoms with Gasteiger partial charge in [-0.05, 0) is 55.2 Å². The fourth-order valence-corrected chi connectivity index (χ4v) is 7.76. The Kier molecular flexibility index (Phi) is 4.17. The highest BCUT2D eigenvalue weighted by Crippen LogP contribution is 2.65. The number of hydrogen-bond acceptors (Lipinski definition) is 3. The second-order valence-electron chi connectivity index (χ2n) is 12.1. The summed E-state index contributed by atoms with van der Waals surface area (Å²) in [5, 5.41) is 16.7. The largest absolute Gasteiger partial charge is 0.362 e. The summed E-state index contributed by atoms with van der Waals surface area (Å²) in [6.45, 7) is 9.16. The predicted molar refractivity (Wildman–Crippen MR) is 150 cm³/mol. The third-order valence-electron chi connectivity index (χ3n) is 9.48. The predicted octanol–water partition coefficient (Wildman–Crippen LogP) is 6.76. The lowest BCUT2D eigenvalue weighted by atomic mass is 9.76. The van der Waals surface area contributed by atoms with Gasteiger partial charge in [0, 0.05) is 23.7 Å². The average Bonchev–Trinajstić information content (AvgIpc) is 3.48. The molecule has 0 radical (unpaired) electrons. The summed E-state index contributed by atoms with van der Waals surface area (Å²) < 4.78 is 8.03. The zero-order valence-corrected chi connectivity index (χ0v) is 22.4. The first-order chi connectivity index (χ1) is 18.3. The van der Waals surface area contributed by atoms with Crippen LogP contribution in [-0.2, 0) is 10.2 Å². The molecule has 2 heterocycles. The van der Waals surface area contributed by atoms with E-state index in [9.17, 15) is 5.11 Å². The second-order valence-corrected chi connectivity index (χ2v) is 12.1. The van der Waals surface area contributed by atoms with Crippen LogP contribution in [0.3, 0.4) is 0 Å². The Balaban J connectivity index is 1.54. The van der Waals surface area contributed by atoms with E-state index in [-0.39, 0.29) is 17.4 Å². The van der Waals surface area contributed by atoms with E-state index in [1.807, 2.05) is 6.33 Å². The zero-order valence-electron chi connectivity index (χ0n) is 22.4. The van der Waals surface area contributed by atoms with Crippen molar-refractivity contribution in [2.45, 2.75) is 56.8 Å². The fraction of sp³-hybridized carbons (Fsp3) is 0.294. The van der Waals surface area contributed by atoms with Gasteiger partial charge in [0.15, 0.2) is 11.7 Å². The molecule has 1 aliphatic heterocycles. The Bertz CT molecular complexity index is 1850. The van der Waals surface area contributed by atoms with E-state index in [1.54, 1.807) is 7.11 Å². The highest BCUT2D eigenvalue weighted by atomic mass is 16.6. The summed E-state index contributed by atoms with van der Waals surface area (Å²) in [5.41, 5.74) is 9.41. The number of rotatable bonds is 2. The van der Waals surface area contributed by atoms with E-state index in [1.165, 1.54) is 54.9 Å². The number of ether oxygens (including phenoxy) is 1. The molecule has 1 saturated carbocycles. The lowest BCUT2D eigenvalue weighted by Gasteiger charge is -2.27. The fourth-order valence-electron chi connectivity index (χ4n) is 7.76. The van der Waals surface area contributed by atoms with Gasteiger partial charge in [-0.1, -0.05) is 88.4 Å². The summed E-state index contributed by atoms with van der Waals surface area (Å²) >= 11 is 0. The normalized spacial score (nSPS) is 23.7. The molecule has 4 nitrogen and oxygen atoms in total. The van der Waals surface area contributed by atoms with Crippen molar-refractivity contribution < 1.29 is 14.4 Å². The van der Waals surface area contributed by atoms with Crippen molar-refractivity contribution in [2.75, 3.05) is 7.11 Å². The summed E-state index contributed by atoms with van der Waals surface area (Å²) in [5.74, 6) is -1.02. The summed E-state index contributed by atoms with van der Waals surface area (Å²) in [6.07, 6.45) is 1.94. The molecule has 3 unspecified atom stereocenters. The summed E-state index contributed by atoms with van der Waals surface area (Å²) in [7, 11) is 1.62. The van der Waals surface area contributed by atoms with Gasteiger partial charge >= 0.3 is 0 Å². The van der Waals surface area contributed by atoms with Crippen LogP contribution in [0.1, 0.15) is 67.8 Å². The van der Waals surface area contributed by atoms with E-state index in [0.29, 0.717) is 5.92 Å². The van der Waals surface area contributed by atoms with Crippen molar-refractivity contribution in [3.63, 3.8) is 0 Å². The van der Waals surface area contributed by atoms with Gasteiger partial charge < -0.3 is 9.84 Å². The van der Waals surface area contributed by atoms with Crippen molar-refractivity contribution in [1.29, 1.82) is 0 Å². The Morgan fingerprint density at radius 3 is 2.37 bits per heavy atom. The van der Waals surface area contributed by atoms with E-state index in [2.05, 4.69) is 99.0 Å². The van der Waals surface area contributed by atoms with Crippen LogP contribution in [-0.4, -0.2) is 23.0 Å². The maximum atomic E-state index is 11.7. The molecule has 0 spiro atoms. The molecule has 1 aromatic heterocycles. The second kappa shape index (κ2) is 7.07. The third kappa shape index (κ3) is 2.48. The van der Waals surface area contributed by atoms with Gasteiger partial charge in [0.25, 0.3) is 6.33 Å². The maximum absolute atomic E-state index is 11.7. The van der Waals surface area contributed by atoms with Gasteiger partial charge in [-0.25, -0.2) is 4.57 Å². The minimum absolute atomic E-state index is 0.130. The van der Waals surface area contributed by atoms with Crippen LogP contribution >= 0.6 is 0 Å². The smallest absolute Gasteiger partial charge is 0.287 e. The topological polar surface area (TPSA) is 46.2 Å². The summed E-state index contributed by atoms with van der Waals surface area (Å²) in [4.78, 5) is 5.09. The van der Waals surface area contributed by atoms with Gasteiger partial charge in [-0.15, -0.1) is 0 Å². The zero-order chi connectivity index (χ0) is 26.1. The van der Waals surface area contributed by atoms with Gasteiger partial charge in [0.05, 0.1) is 11.5 Å². The molecular weight excluding hydrogens is 468 g/mol. The molecule has 1 fully saturated rings. The lowest BCUT2D eigenvalue weighted by molar-refractivity contribution is -0.705.